The summed E-state index contributed by atoms with van der Waals surface area (Å²) in [6, 6.07) is 20.2. The first-order valence-electron chi connectivity index (χ1n) is 11.0. The number of ether oxygens (including phenoxy) is 2. The highest BCUT2D eigenvalue weighted by molar-refractivity contribution is 9.10. The number of pyridine rings is 1. The summed E-state index contributed by atoms with van der Waals surface area (Å²) in [5.74, 6) is -1.30. The molecule has 4 aromatic rings. The van der Waals surface area contributed by atoms with Gasteiger partial charge >= 0.3 is 5.97 Å². The number of halogens is 1. The van der Waals surface area contributed by atoms with E-state index in [1.165, 1.54) is 0 Å². The summed E-state index contributed by atoms with van der Waals surface area (Å²) < 4.78 is 11.5. The molecule has 2 heterocycles. The van der Waals surface area contributed by atoms with Gasteiger partial charge in [-0.3, -0.25) is 9.59 Å². The Balaban J connectivity index is 1.50. The van der Waals surface area contributed by atoms with Gasteiger partial charge in [-0.15, -0.1) is 0 Å². The number of carbonyl (C=O) groups is 2. The number of hydrogen-bond acceptors (Lipinski definition) is 5. The molecular weight excluding hydrogens is 512 g/mol. The van der Waals surface area contributed by atoms with Crippen molar-refractivity contribution in [2.24, 2.45) is 0 Å². The Hall–Kier alpha value is -3.91. The predicted molar refractivity (Wildman–Crippen MR) is 135 cm³/mol. The Labute approximate surface area is 209 Å². The van der Waals surface area contributed by atoms with Crippen molar-refractivity contribution in [2.75, 3.05) is 13.3 Å². The van der Waals surface area contributed by atoms with Gasteiger partial charge in [0, 0.05) is 22.0 Å². The molecule has 3 aromatic carbocycles. The summed E-state index contributed by atoms with van der Waals surface area (Å²) in [7, 11) is 0. The van der Waals surface area contributed by atoms with Crippen LogP contribution in [0.1, 0.15) is 27.4 Å². The lowest BCUT2D eigenvalue weighted by atomic mass is 9.96. The molecule has 5 rings (SSSR count). The molecule has 0 aliphatic carbocycles. The first kappa shape index (κ1) is 22.9. The van der Waals surface area contributed by atoms with Crippen LogP contribution in [0.4, 0.5) is 0 Å². The van der Waals surface area contributed by atoms with E-state index in [4.69, 9.17) is 14.5 Å². The van der Waals surface area contributed by atoms with Crippen LogP contribution < -0.4 is 14.8 Å². The standard InChI is InChI=1S/C27H21BrN2O5/c1-15-24(19-12-18(28)8-9-21(19)30-25(15)16-5-3-2-4-6-16)26(31)29-13-20(27(32)33)17-7-10-22-23(11-17)35-14-34-22/h2-12,20H,13-14H2,1H3,(H,29,31)(H,32,33)/t20-/m1/s1. The minimum absolute atomic E-state index is 0.0915. The van der Waals surface area contributed by atoms with Gasteiger partial charge in [-0.05, 0) is 48.4 Å². The summed E-state index contributed by atoms with van der Waals surface area (Å²) in [4.78, 5) is 30.4. The molecule has 1 aliphatic heterocycles. The molecule has 0 bridgehead atoms. The van der Waals surface area contributed by atoms with E-state index in [1.54, 1.807) is 18.2 Å². The molecule has 0 radical (unpaired) electrons. The maximum Gasteiger partial charge on any atom is 0.312 e. The Kier molecular flexibility index (Phi) is 6.13. The van der Waals surface area contributed by atoms with Crippen LogP contribution in [0.2, 0.25) is 0 Å². The number of aromatic nitrogens is 1. The van der Waals surface area contributed by atoms with Gasteiger partial charge in [-0.2, -0.15) is 0 Å². The maximum absolute atomic E-state index is 13.5. The van der Waals surface area contributed by atoms with Crippen LogP contribution in [0, 0.1) is 6.92 Å². The van der Waals surface area contributed by atoms with Crippen LogP contribution >= 0.6 is 15.9 Å². The molecular formula is C27H21BrN2O5. The van der Waals surface area contributed by atoms with Crippen molar-refractivity contribution in [1.29, 1.82) is 0 Å². The number of nitrogens with one attached hydrogen (secondary N) is 1. The highest BCUT2D eigenvalue weighted by Gasteiger charge is 2.26. The molecule has 0 unspecified atom stereocenters. The molecule has 0 saturated carbocycles. The fourth-order valence-electron chi connectivity index (χ4n) is 4.26. The zero-order chi connectivity index (χ0) is 24.5. The van der Waals surface area contributed by atoms with Crippen LogP contribution in [0.25, 0.3) is 22.2 Å². The van der Waals surface area contributed by atoms with Crippen molar-refractivity contribution in [3.63, 3.8) is 0 Å². The van der Waals surface area contributed by atoms with Gasteiger partial charge in [0.1, 0.15) is 0 Å². The SMILES string of the molecule is Cc1c(-c2ccccc2)nc2ccc(Br)cc2c1C(=O)NC[C@@H](C(=O)O)c1ccc2c(c1)OCO2. The molecule has 1 amide bonds. The fraction of sp³-hybridized carbons (Fsp3) is 0.148. The van der Waals surface area contributed by atoms with E-state index >= 15 is 0 Å². The molecule has 7 nitrogen and oxygen atoms in total. The number of benzene rings is 3. The number of carbonyl (C=O) groups excluding carboxylic acids is 1. The van der Waals surface area contributed by atoms with Gasteiger partial charge in [-0.1, -0.05) is 52.3 Å². The second kappa shape index (κ2) is 9.38. The smallest absolute Gasteiger partial charge is 0.312 e. The quantitative estimate of drug-likeness (QED) is 0.349. The van der Waals surface area contributed by atoms with Gasteiger partial charge in [0.05, 0.1) is 22.7 Å². The van der Waals surface area contributed by atoms with Crippen LogP contribution in [0.3, 0.4) is 0 Å². The third-order valence-corrected chi connectivity index (χ3v) is 6.52. The average Bonchev–Trinajstić information content (AvgIpc) is 3.32. The summed E-state index contributed by atoms with van der Waals surface area (Å²) in [6.45, 7) is 1.86. The Morgan fingerprint density at radius 2 is 1.83 bits per heavy atom. The largest absolute Gasteiger partial charge is 0.481 e. The van der Waals surface area contributed by atoms with Gasteiger partial charge in [-0.25, -0.2) is 4.98 Å². The lowest BCUT2D eigenvalue weighted by Crippen LogP contribution is -2.32. The molecule has 176 valence electrons. The van der Waals surface area contributed by atoms with Crippen LogP contribution in [0.5, 0.6) is 11.5 Å². The minimum atomic E-state index is -1.05. The maximum atomic E-state index is 13.5. The highest BCUT2D eigenvalue weighted by atomic mass is 79.9. The van der Waals surface area contributed by atoms with Crippen molar-refractivity contribution in [2.45, 2.75) is 12.8 Å². The second-order valence-corrected chi connectivity index (χ2v) is 9.12. The number of aliphatic carboxylic acids is 1. The first-order chi connectivity index (χ1) is 16.9. The third-order valence-electron chi connectivity index (χ3n) is 6.03. The molecule has 1 aliphatic rings. The average molecular weight is 533 g/mol. The van der Waals surface area contributed by atoms with Crippen molar-refractivity contribution in [3.05, 3.63) is 87.9 Å². The van der Waals surface area contributed by atoms with E-state index in [0.29, 0.717) is 44.8 Å². The lowest BCUT2D eigenvalue weighted by molar-refractivity contribution is -0.138. The van der Waals surface area contributed by atoms with Crippen molar-refractivity contribution in [1.82, 2.24) is 10.3 Å². The Morgan fingerprint density at radius 3 is 2.60 bits per heavy atom. The van der Waals surface area contributed by atoms with Crippen molar-refractivity contribution in [3.8, 4) is 22.8 Å². The minimum Gasteiger partial charge on any atom is -0.481 e. The van der Waals surface area contributed by atoms with Crippen molar-refractivity contribution >= 4 is 38.7 Å². The molecule has 1 aromatic heterocycles. The summed E-state index contributed by atoms with van der Waals surface area (Å²) in [5.41, 5.74) is 3.97. The molecule has 1 atom stereocenters. The number of nitrogens with zero attached hydrogens (tertiary/aromatic N) is 1. The van der Waals surface area contributed by atoms with Gasteiger partial charge in [0.2, 0.25) is 6.79 Å². The lowest BCUT2D eigenvalue weighted by Gasteiger charge is -2.17. The molecule has 8 heteroatoms. The zero-order valence-electron chi connectivity index (χ0n) is 18.7. The van der Waals surface area contributed by atoms with E-state index in [2.05, 4.69) is 21.2 Å². The third kappa shape index (κ3) is 4.44. The first-order valence-corrected chi connectivity index (χ1v) is 11.8. The van der Waals surface area contributed by atoms with E-state index in [-0.39, 0.29) is 19.2 Å². The number of rotatable bonds is 6. The zero-order valence-corrected chi connectivity index (χ0v) is 20.3. The normalized spacial score (nSPS) is 13.0. The van der Waals surface area contributed by atoms with Gasteiger partial charge < -0.3 is 19.9 Å². The van der Waals surface area contributed by atoms with Gasteiger partial charge in [0.15, 0.2) is 11.5 Å². The number of amides is 1. The summed E-state index contributed by atoms with van der Waals surface area (Å²) in [5, 5.41) is 13.4. The monoisotopic (exact) mass is 532 g/mol. The molecule has 0 fully saturated rings. The predicted octanol–water partition coefficient (Wildman–Crippen LogP) is 5.30. The second-order valence-electron chi connectivity index (χ2n) is 8.20. The summed E-state index contributed by atoms with van der Waals surface area (Å²) >= 11 is 3.48. The van der Waals surface area contributed by atoms with Crippen LogP contribution in [0.15, 0.2) is 71.2 Å². The number of fused-ring (bicyclic) bond motifs is 2. The Bertz CT molecular complexity index is 1460. The number of hydrogen-bond donors (Lipinski definition) is 2. The molecule has 0 saturated heterocycles. The summed E-state index contributed by atoms with van der Waals surface area (Å²) in [6.07, 6.45) is 0. The number of carboxylic acids is 1. The highest BCUT2D eigenvalue weighted by Crippen LogP contribution is 2.35. The molecule has 0 spiro atoms. The van der Waals surface area contributed by atoms with Crippen molar-refractivity contribution < 1.29 is 24.2 Å². The van der Waals surface area contributed by atoms with Crippen LogP contribution in [-0.4, -0.2) is 35.3 Å². The fourth-order valence-corrected chi connectivity index (χ4v) is 4.62. The van der Waals surface area contributed by atoms with E-state index < -0.39 is 11.9 Å². The van der Waals surface area contributed by atoms with E-state index in [9.17, 15) is 14.7 Å². The van der Waals surface area contributed by atoms with Crippen LogP contribution in [-0.2, 0) is 4.79 Å². The number of carboxylic acid groups (broad SMARTS) is 1. The van der Waals surface area contributed by atoms with E-state index in [0.717, 1.165) is 10.0 Å². The molecule has 35 heavy (non-hydrogen) atoms. The topological polar surface area (TPSA) is 97.8 Å². The van der Waals surface area contributed by atoms with Gasteiger partial charge in [0.25, 0.3) is 5.91 Å². The Morgan fingerprint density at radius 1 is 1.06 bits per heavy atom. The molecule has 2 N–H and O–H groups in total. The van der Waals surface area contributed by atoms with E-state index in [1.807, 2.05) is 55.5 Å².